The Bertz CT molecular complexity index is 1020. The Kier molecular flexibility index (Phi) is 6.79. The summed E-state index contributed by atoms with van der Waals surface area (Å²) in [4.78, 5) is 17.6. The summed E-state index contributed by atoms with van der Waals surface area (Å²) in [6.07, 6.45) is 2.07. The SMILES string of the molecule is C.CCCCOc1ccc(NC(=O)c2sc3nc(N)c(C#N)cc3c2N)cc1. The number of nitriles is 1. The number of pyridine rings is 1. The predicted octanol–water partition coefficient (Wildman–Crippen LogP) is 4.40. The third-order valence-corrected chi connectivity index (χ3v) is 5.07. The van der Waals surface area contributed by atoms with Crippen molar-refractivity contribution in [3.63, 3.8) is 0 Å². The minimum Gasteiger partial charge on any atom is -0.494 e. The molecule has 5 N–H and O–H groups in total. The summed E-state index contributed by atoms with van der Waals surface area (Å²) in [5.41, 5.74) is 13.0. The molecule has 8 heteroatoms. The molecule has 0 unspecified atom stereocenters. The smallest absolute Gasteiger partial charge is 0.267 e. The van der Waals surface area contributed by atoms with Crippen molar-refractivity contribution in [2.75, 3.05) is 23.4 Å². The van der Waals surface area contributed by atoms with Gasteiger partial charge in [0.15, 0.2) is 0 Å². The molecule has 0 bridgehead atoms. The van der Waals surface area contributed by atoms with Crippen LogP contribution in [0.15, 0.2) is 30.3 Å². The molecule has 1 aromatic carbocycles. The first-order valence-corrected chi connectivity index (χ1v) is 9.28. The van der Waals surface area contributed by atoms with Crippen LogP contribution in [0.25, 0.3) is 10.2 Å². The minimum absolute atomic E-state index is 0. The van der Waals surface area contributed by atoms with Gasteiger partial charge < -0.3 is 21.5 Å². The number of benzene rings is 1. The fourth-order valence-corrected chi connectivity index (χ4v) is 3.45. The summed E-state index contributed by atoms with van der Waals surface area (Å²) >= 11 is 1.14. The average Bonchev–Trinajstić information content (AvgIpc) is 2.98. The lowest BCUT2D eigenvalue weighted by atomic mass is 10.2. The third-order valence-electron chi connectivity index (χ3n) is 3.96. The lowest BCUT2D eigenvalue weighted by Crippen LogP contribution is -2.11. The normalized spacial score (nSPS) is 10.1. The molecule has 0 aliphatic rings. The molecule has 0 atom stereocenters. The maximum absolute atomic E-state index is 12.6. The number of carbonyl (C=O) groups excluding carboxylic acids is 1. The Labute approximate surface area is 167 Å². The lowest BCUT2D eigenvalue weighted by molar-refractivity contribution is 0.103. The van der Waals surface area contributed by atoms with Crippen LogP contribution in [0, 0.1) is 11.3 Å². The van der Waals surface area contributed by atoms with E-state index in [0.29, 0.717) is 27.4 Å². The van der Waals surface area contributed by atoms with Gasteiger partial charge in [-0.1, -0.05) is 20.8 Å². The summed E-state index contributed by atoms with van der Waals surface area (Å²) in [7, 11) is 0. The van der Waals surface area contributed by atoms with E-state index in [-0.39, 0.29) is 30.4 Å². The second kappa shape index (κ2) is 9.06. The number of nitrogens with one attached hydrogen (secondary N) is 1. The van der Waals surface area contributed by atoms with Gasteiger partial charge in [0.1, 0.15) is 27.3 Å². The first-order valence-electron chi connectivity index (χ1n) is 8.46. The van der Waals surface area contributed by atoms with Gasteiger partial charge in [0.2, 0.25) is 0 Å². The molecule has 146 valence electrons. The number of anilines is 3. The van der Waals surface area contributed by atoms with Gasteiger partial charge in [0.25, 0.3) is 5.91 Å². The number of hydrogen-bond acceptors (Lipinski definition) is 7. The zero-order valence-electron chi connectivity index (χ0n) is 14.8. The summed E-state index contributed by atoms with van der Waals surface area (Å²) in [6.45, 7) is 2.77. The van der Waals surface area contributed by atoms with Gasteiger partial charge >= 0.3 is 0 Å². The van der Waals surface area contributed by atoms with E-state index in [2.05, 4.69) is 17.2 Å². The van der Waals surface area contributed by atoms with Crippen LogP contribution in [-0.4, -0.2) is 17.5 Å². The van der Waals surface area contributed by atoms with E-state index in [9.17, 15) is 4.79 Å². The van der Waals surface area contributed by atoms with Crippen molar-refractivity contribution in [1.29, 1.82) is 5.26 Å². The fourth-order valence-electron chi connectivity index (χ4n) is 2.47. The van der Waals surface area contributed by atoms with Gasteiger partial charge in [0, 0.05) is 11.1 Å². The zero-order chi connectivity index (χ0) is 19.4. The van der Waals surface area contributed by atoms with E-state index < -0.39 is 0 Å². The standard InChI is InChI=1S/C19H19N5O2S.CH4/c1-2-3-8-26-13-6-4-12(5-7-13)23-18(25)16-15(21)14-9-11(10-20)17(22)24-19(14)27-16;/h4-7,9H,2-3,8,21H2,1H3,(H2,22,24)(H,23,25);1H4. The average molecular weight is 398 g/mol. The Morgan fingerprint density at radius 1 is 1.32 bits per heavy atom. The van der Waals surface area contributed by atoms with E-state index in [0.717, 1.165) is 29.9 Å². The molecule has 0 radical (unpaired) electrons. The molecule has 2 heterocycles. The zero-order valence-corrected chi connectivity index (χ0v) is 15.6. The van der Waals surface area contributed by atoms with Crippen LogP contribution in [0.4, 0.5) is 17.2 Å². The number of aromatic nitrogens is 1. The Balaban J connectivity index is 0.00000280. The molecule has 0 aliphatic carbocycles. The van der Waals surface area contributed by atoms with Gasteiger partial charge in [-0.15, -0.1) is 11.3 Å². The van der Waals surface area contributed by atoms with Crippen LogP contribution in [0.3, 0.4) is 0 Å². The summed E-state index contributed by atoms with van der Waals surface area (Å²) in [5.74, 6) is 0.538. The van der Waals surface area contributed by atoms with Crippen LogP contribution in [0.1, 0.15) is 42.4 Å². The molecule has 1 amide bonds. The molecule has 0 spiro atoms. The molecule has 2 aromatic heterocycles. The number of nitrogens with zero attached hydrogens (tertiary/aromatic N) is 2. The Hall–Kier alpha value is -3.31. The van der Waals surface area contributed by atoms with Crippen LogP contribution < -0.4 is 21.5 Å². The van der Waals surface area contributed by atoms with E-state index >= 15 is 0 Å². The van der Waals surface area contributed by atoms with E-state index in [1.165, 1.54) is 0 Å². The van der Waals surface area contributed by atoms with Crippen molar-refractivity contribution in [2.24, 2.45) is 0 Å². The minimum atomic E-state index is -0.341. The number of carbonyl (C=O) groups is 1. The molecule has 0 saturated carbocycles. The third kappa shape index (κ3) is 4.32. The number of rotatable bonds is 6. The van der Waals surface area contributed by atoms with E-state index in [4.69, 9.17) is 21.5 Å². The maximum Gasteiger partial charge on any atom is 0.267 e. The van der Waals surface area contributed by atoms with Crippen LogP contribution in [0.2, 0.25) is 0 Å². The number of hydrogen-bond donors (Lipinski definition) is 3. The summed E-state index contributed by atoms with van der Waals surface area (Å²) in [5, 5.41) is 12.4. The van der Waals surface area contributed by atoms with Gasteiger partial charge in [-0.25, -0.2) is 4.98 Å². The highest BCUT2D eigenvalue weighted by Crippen LogP contribution is 2.34. The number of nitrogen functional groups attached to an aromatic ring is 2. The van der Waals surface area contributed by atoms with Crippen molar-refractivity contribution in [1.82, 2.24) is 4.98 Å². The monoisotopic (exact) mass is 397 g/mol. The van der Waals surface area contributed by atoms with Crippen molar-refractivity contribution in [3.05, 3.63) is 40.8 Å². The molecule has 0 fully saturated rings. The fraction of sp³-hybridized carbons (Fsp3) is 0.250. The van der Waals surface area contributed by atoms with Crippen molar-refractivity contribution in [2.45, 2.75) is 27.2 Å². The van der Waals surface area contributed by atoms with Crippen molar-refractivity contribution >= 4 is 44.7 Å². The molecule has 0 saturated heterocycles. The molecule has 0 aliphatic heterocycles. The molecule has 3 rings (SSSR count). The number of fused-ring (bicyclic) bond motifs is 1. The quantitative estimate of drug-likeness (QED) is 0.529. The first kappa shape index (κ1) is 21.0. The number of amides is 1. The molecule has 28 heavy (non-hydrogen) atoms. The van der Waals surface area contributed by atoms with Crippen LogP contribution in [-0.2, 0) is 0 Å². The van der Waals surface area contributed by atoms with Gasteiger partial charge in [-0.2, -0.15) is 5.26 Å². The van der Waals surface area contributed by atoms with Gasteiger partial charge in [-0.3, -0.25) is 4.79 Å². The first-order chi connectivity index (χ1) is 13.0. The Morgan fingerprint density at radius 3 is 2.68 bits per heavy atom. The highest BCUT2D eigenvalue weighted by atomic mass is 32.1. The van der Waals surface area contributed by atoms with Crippen LogP contribution >= 0.6 is 11.3 Å². The maximum atomic E-state index is 12.6. The lowest BCUT2D eigenvalue weighted by Gasteiger charge is -2.07. The van der Waals surface area contributed by atoms with E-state index in [1.54, 1.807) is 30.3 Å². The second-order valence-corrected chi connectivity index (χ2v) is 6.91. The van der Waals surface area contributed by atoms with Crippen LogP contribution in [0.5, 0.6) is 5.75 Å². The number of ether oxygens (including phenoxy) is 1. The van der Waals surface area contributed by atoms with Gasteiger partial charge in [0.05, 0.1) is 17.9 Å². The molecule has 3 aromatic rings. The van der Waals surface area contributed by atoms with Crippen molar-refractivity contribution in [3.8, 4) is 11.8 Å². The highest BCUT2D eigenvalue weighted by Gasteiger charge is 2.19. The summed E-state index contributed by atoms with van der Waals surface area (Å²) in [6, 6.07) is 10.7. The number of unbranched alkanes of at least 4 members (excludes halogenated alkanes) is 1. The second-order valence-electron chi connectivity index (χ2n) is 5.91. The largest absolute Gasteiger partial charge is 0.494 e. The predicted molar refractivity (Wildman–Crippen MR) is 115 cm³/mol. The Morgan fingerprint density at radius 2 is 2.04 bits per heavy atom. The van der Waals surface area contributed by atoms with Gasteiger partial charge in [-0.05, 0) is 36.8 Å². The van der Waals surface area contributed by atoms with Crippen molar-refractivity contribution < 1.29 is 9.53 Å². The molecular weight excluding hydrogens is 374 g/mol. The topological polar surface area (TPSA) is 127 Å². The van der Waals surface area contributed by atoms with E-state index in [1.807, 2.05) is 6.07 Å². The molecular formula is C20H23N5O2S. The number of thiophene rings is 1. The highest BCUT2D eigenvalue weighted by molar-refractivity contribution is 7.21. The summed E-state index contributed by atoms with van der Waals surface area (Å²) < 4.78 is 5.61. The molecule has 7 nitrogen and oxygen atoms in total. The number of nitrogens with two attached hydrogens (primary N) is 2.